The zero-order valence-electron chi connectivity index (χ0n) is 17.5. The molecule has 8 heteroatoms. The SMILES string of the molecule is Cc1ccc(-n2c(SCC(=O)Nc3ccc(C)c(F)c3)nnc2-c2cccc(Cl)c2)cc1. The van der Waals surface area contributed by atoms with Gasteiger partial charge in [-0.1, -0.05) is 59.3 Å². The maximum Gasteiger partial charge on any atom is 0.234 e. The molecule has 0 bridgehead atoms. The van der Waals surface area contributed by atoms with E-state index in [4.69, 9.17) is 11.6 Å². The highest BCUT2D eigenvalue weighted by molar-refractivity contribution is 7.99. The summed E-state index contributed by atoms with van der Waals surface area (Å²) in [7, 11) is 0. The van der Waals surface area contributed by atoms with Crippen LogP contribution in [0.1, 0.15) is 11.1 Å². The van der Waals surface area contributed by atoms with Gasteiger partial charge in [-0.2, -0.15) is 0 Å². The second-order valence-corrected chi connectivity index (χ2v) is 8.67. The van der Waals surface area contributed by atoms with Crippen LogP contribution in [0, 0.1) is 19.7 Å². The number of anilines is 1. The molecule has 0 atom stereocenters. The Morgan fingerprint density at radius 2 is 1.84 bits per heavy atom. The molecule has 0 aliphatic rings. The van der Waals surface area contributed by atoms with Crippen LogP contribution in [0.25, 0.3) is 17.1 Å². The highest BCUT2D eigenvalue weighted by Crippen LogP contribution is 2.29. The zero-order chi connectivity index (χ0) is 22.7. The Kier molecular flexibility index (Phi) is 6.58. The molecule has 3 aromatic carbocycles. The fraction of sp³-hybridized carbons (Fsp3) is 0.125. The van der Waals surface area contributed by atoms with Gasteiger partial charge in [-0.15, -0.1) is 10.2 Å². The summed E-state index contributed by atoms with van der Waals surface area (Å²) in [4.78, 5) is 12.5. The van der Waals surface area contributed by atoms with E-state index >= 15 is 0 Å². The minimum atomic E-state index is -0.360. The van der Waals surface area contributed by atoms with Crippen molar-refractivity contribution in [1.29, 1.82) is 0 Å². The Morgan fingerprint density at radius 3 is 2.56 bits per heavy atom. The lowest BCUT2D eigenvalue weighted by Crippen LogP contribution is -2.14. The number of amides is 1. The number of carbonyl (C=O) groups excluding carboxylic acids is 1. The van der Waals surface area contributed by atoms with Gasteiger partial charge in [-0.05, 0) is 55.8 Å². The maximum atomic E-state index is 13.8. The van der Waals surface area contributed by atoms with Gasteiger partial charge in [0.2, 0.25) is 5.91 Å². The molecule has 0 spiro atoms. The first kappa shape index (κ1) is 22.0. The fourth-order valence-electron chi connectivity index (χ4n) is 3.10. The summed E-state index contributed by atoms with van der Waals surface area (Å²) in [5, 5.41) is 12.6. The molecule has 32 heavy (non-hydrogen) atoms. The highest BCUT2D eigenvalue weighted by Gasteiger charge is 2.18. The molecule has 1 N–H and O–H groups in total. The Balaban J connectivity index is 1.60. The number of rotatable bonds is 6. The number of hydrogen-bond acceptors (Lipinski definition) is 4. The summed E-state index contributed by atoms with van der Waals surface area (Å²) < 4.78 is 15.7. The van der Waals surface area contributed by atoms with Gasteiger partial charge in [0.25, 0.3) is 0 Å². The summed E-state index contributed by atoms with van der Waals surface area (Å²) in [5.74, 6) is 0.0938. The van der Waals surface area contributed by atoms with Gasteiger partial charge in [-0.3, -0.25) is 9.36 Å². The van der Waals surface area contributed by atoms with E-state index in [-0.39, 0.29) is 17.5 Å². The number of halogens is 2. The third-order valence-electron chi connectivity index (χ3n) is 4.80. The zero-order valence-corrected chi connectivity index (χ0v) is 19.0. The van der Waals surface area contributed by atoms with Crippen LogP contribution in [-0.2, 0) is 4.79 Å². The van der Waals surface area contributed by atoms with Crippen LogP contribution in [0.2, 0.25) is 5.02 Å². The second kappa shape index (κ2) is 9.54. The smallest absolute Gasteiger partial charge is 0.234 e. The largest absolute Gasteiger partial charge is 0.325 e. The average Bonchev–Trinajstić information content (AvgIpc) is 3.19. The van der Waals surface area contributed by atoms with E-state index in [0.717, 1.165) is 16.8 Å². The normalized spacial score (nSPS) is 10.9. The van der Waals surface area contributed by atoms with E-state index in [0.29, 0.717) is 27.3 Å². The van der Waals surface area contributed by atoms with Gasteiger partial charge in [0.15, 0.2) is 11.0 Å². The number of nitrogens with one attached hydrogen (secondary N) is 1. The van der Waals surface area contributed by atoms with Crippen LogP contribution < -0.4 is 5.32 Å². The van der Waals surface area contributed by atoms with E-state index in [1.807, 2.05) is 54.0 Å². The molecule has 1 heterocycles. The highest BCUT2D eigenvalue weighted by atomic mass is 35.5. The van der Waals surface area contributed by atoms with E-state index < -0.39 is 0 Å². The van der Waals surface area contributed by atoms with Crippen molar-refractivity contribution in [1.82, 2.24) is 14.8 Å². The number of aryl methyl sites for hydroxylation is 2. The van der Waals surface area contributed by atoms with E-state index in [2.05, 4.69) is 15.5 Å². The van der Waals surface area contributed by atoms with Crippen molar-refractivity contribution in [3.8, 4) is 17.1 Å². The molecule has 0 saturated heterocycles. The first-order chi connectivity index (χ1) is 15.4. The number of benzene rings is 3. The summed E-state index contributed by atoms with van der Waals surface area (Å²) in [6.45, 7) is 3.69. The van der Waals surface area contributed by atoms with Crippen LogP contribution in [0.5, 0.6) is 0 Å². The maximum absolute atomic E-state index is 13.8. The van der Waals surface area contributed by atoms with Crippen molar-refractivity contribution < 1.29 is 9.18 Å². The Hall–Kier alpha value is -3.16. The van der Waals surface area contributed by atoms with Gasteiger partial charge in [0, 0.05) is 22.0 Å². The predicted molar refractivity (Wildman–Crippen MR) is 127 cm³/mol. The number of aromatic nitrogens is 3. The van der Waals surface area contributed by atoms with Gasteiger partial charge < -0.3 is 5.32 Å². The Morgan fingerprint density at radius 1 is 1.06 bits per heavy atom. The van der Waals surface area contributed by atoms with E-state index in [1.165, 1.54) is 17.8 Å². The summed E-state index contributed by atoms with van der Waals surface area (Å²) >= 11 is 7.43. The molecule has 0 saturated carbocycles. The van der Waals surface area contributed by atoms with Crippen LogP contribution >= 0.6 is 23.4 Å². The molecule has 0 aliphatic carbocycles. The standard InChI is InChI=1S/C24H20ClFN4OS/c1-15-6-10-20(11-7-15)30-23(17-4-3-5-18(25)12-17)28-29-24(30)32-14-22(31)27-19-9-8-16(2)21(26)13-19/h3-13H,14H2,1-2H3,(H,27,31). The topological polar surface area (TPSA) is 59.8 Å². The Labute approximate surface area is 194 Å². The van der Waals surface area contributed by atoms with Crippen molar-refractivity contribution in [3.63, 3.8) is 0 Å². The van der Waals surface area contributed by atoms with E-state index in [9.17, 15) is 9.18 Å². The lowest BCUT2D eigenvalue weighted by atomic mass is 10.2. The Bertz CT molecular complexity index is 1270. The van der Waals surface area contributed by atoms with Crippen molar-refractivity contribution in [3.05, 3.63) is 88.7 Å². The van der Waals surface area contributed by atoms with Crippen molar-refractivity contribution in [2.45, 2.75) is 19.0 Å². The monoisotopic (exact) mass is 466 g/mol. The summed E-state index contributed by atoms with van der Waals surface area (Å²) in [6, 6.07) is 20.0. The molecule has 0 radical (unpaired) electrons. The molecule has 1 amide bonds. The van der Waals surface area contributed by atoms with Crippen LogP contribution in [-0.4, -0.2) is 26.4 Å². The number of nitrogens with zero attached hydrogens (tertiary/aromatic N) is 3. The molecule has 0 aliphatic heterocycles. The van der Waals surface area contributed by atoms with Crippen LogP contribution in [0.4, 0.5) is 10.1 Å². The van der Waals surface area contributed by atoms with E-state index in [1.54, 1.807) is 25.1 Å². The quantitative estimate of drug-likeness (QED) is 0.350. The second-order valence-electron chi connectivity index (χ2n) is 7.29. The van der Waals surface area contributed by atoms with Crippen molar-refractivity contribution in [2.75, 3.05) is 11.1 Å². The fourth-order valence-corrected chi connectivity index (χ4v) is 4.04. The third-order valence-corrected chi connectivity index (χ3v) is 5.96. The van der Waals surface area contributed by atoms with Crippen molar-refractivity contribution in [2.24, 2.45) is 0 Å². The summed E-state index contributed by atoms with van der Waals surface area (Å²) in [6.07, 6.45) is 0. The lowest BCUT2D eigenvalue weighted by molar-refractivity contribution is -0.113. The average molecular weight is 467 g/mol. The first-order valence-corrected chi connectivity index (χ1v) is 11.2. The minimum absolute atomic E-state index is 0.0923. The van der Waals surface area contributed by atoms with Gasteiger partial charge >= 0.3 is 0 Å². The lowest BCUT2D eigenvalue weighted by Gasteiger charge is -2.11. The predicted octanol–water partition coefficient (Wildman–Crippen LogP) is 6.07. The minimum Gasteiger partial charge on any atom is -0.325 e. The molecule has 1 aromatic heterocycles. The molecular formula is C24H20ClFN4OS. The van der Waals surface area contributed by atoms with Gasteiger partial charge in [-0.25, -0.2) is 4.39 Å². The molecular weight excluding hydrogens is 447 g/mol. The molecule has 162 valence electrons. The molecule has 5 nitrogen and oxygen atoms in total. The first-order valence-electron chi connectivity index (χ1n) is 9.88. The summed E-state index contributed by atoms with van der Waals surface area (Å²) in [5.41, 5.74) is 3.76. The molecule has 0 fully saturated rings. The number of thioether (sulfide) groups is 1. The number of carbonyl (C=O) groups is 1. The van der Waals surface area contributed by atoms with Crippen LogP contribution in [0.3, 0.4) is 0 Å². The van der Waals surface area contributed by atoms with Gasteiger partial charge in [0.1, 0.15) is 5.82 Å². The number of hydrogen-bond donors (Lipinski definition) is 1. The molecule has 4 rings (SSSR count). The van der Waals surface area contributed by atoms with Gasteiger partial charge in [0.05, 0.1) is 5.75 Å². The molecule has 0 unspecified atom stereocenters. The van der Waals surface area contributed by atoms with Crippen molar-refractivity contribution >= 4 is 35.0 Å². The van der Waals surface area contributed by atoms with Crippen LogP contribution in [0.15, 0.2) is 71.9 Å². The third kappa shape index (κ3) is 5.00. The molecule has 4 aromatic rings.